The summed E-state index contributed by atoms with van der Waals surface area (Å²) in [5.41, 5.74) is 1.62. The van der Waals surface area contributed by atoms with Gasteiger partial charge in [-0.1, -0.05) is 24.3 Å². The molecule has 4 N–H and O–H groups in total. The molecule has 10 nitrogen and oxygen atoms in total. The summed E-state index contributed by atoms with van der Waals surface area (Å²) in [7, 11) is 0. The normalized spacial score (nSPS) is 20.8. The fourth-order valence-corrected chi connectivity index (χ4v) is 5.51. The van der Waals surface area contributed by atoms with Crippen molar-refractivity contribution in [1.82, 2.24) is 25.1 Å². The second-order valence-corrected chi connectivity index (χ2v) is 11.0. The van der Waals surface area contributed by atoms with Crippen LogP contribution in [0.5, 0.6) is 0 Å². The summed E-state index contributed by atoms with van der Waals surface area (Å²) in [4.78, 5) is 37.7. The molecule has 2 unspecified atom stereocenters. The van der Waals surface area contributed by atoms with Gasteiger partial charge in [0.1, 0.15) is 23.4 Å². The third kappa shape index (κ3) is 6.31. The highest BCUT2D eigenvalue weighted by Gasteiger charge is 2.47. The molecule has 2 aliphatic heterocycles. The van der Waals surface area contributed by atoms with Crippen LogP contribution in [0, 0.1) is 5.92 Å². The number of piperidine rings is 1. The number of nitrogens with zero attached hydrogens (tertiary/aromatic N) is 4. The van der Waals surface area contributed by atoms with E-state index in [1.165, 1.54) is 17.5 Å². The van der Waals surface area contributed by atoms with Crippen LogP contribution in [0.2, 0.25) is 0 Å². The lowest BCUT2D eigenvalue weighted by molar-refractivity contribution is -0.152. The first-order chi connectivity index (χ1) is 18.3. The molecule has 1 saturated carbocycles. The molecule has 2 atom stereocenters. The minimum Gasteiger partial charge on any atom is -0.390 e. The van der Waals surface area contributed by atoms with E-state index in [2.05, 4.69) is 43.7 Å². The maximum atomic E-state index is 12.7. The van der Waals surface area contributed by atoms with Gasteiger partial charge in [0.05, 0.1) is 6.10 Å². The number of aliphatic hydroxyl groups is 2. The highest BCUT2D eigenvalue weighted by atomic mass is 16.3. The van der Waals surface area contributed by atoms with Gasteiger partial charge in [-0.2, -0.15) is 0 Å². The van der Waals surface area contributed by atoms with Crippen LogP contribution in [0.4, 0.5) is 5.82 Å². The zero-order chi connectivity index (χ0) is 26.7. The lowest BCUT2D eigenvalue weighted by Gasteiger charge is -2.36. The molecule has 2 aromatic rings. The largest absolute Gasteiger partial charge is 0.390 e. The van der Waals surface area contributed by atoms with E-state index in [9.17, 15) is 19.8 Å². The number of aromatic nitrogens is 2. The zero-order valence-corrected chi connectivity index (χ0v) is 22.0. The van der Waals surface area contributed by atoms with E-state index in [-0.39, 0.29) is 36.0 Å². The summed E-state index contributed by atoms with van der Waals surface area (Å²) >= 11 is 0. The van der Waals surface area contributed by atoms with Crippen molar-refractivity contribution in [2.45, 2.75) is 63.3 Å². The van der Waals surface area contributed by atoms with Gasteiger partial charge < -0.3 is 25.7 Å². The van der Waals surface area contributed by atoms with Gasteiger partial charge in [-0.3, -0.25) is 14.5 Å². The predicted octanol–water partition coefficient (Wildman–Crippen LogP) is 1.19. The Bertz CT molecular complexity index is 1150. The molecule has 2 amide bonds. The summed E-state index contributed by atoms with van der Waals surface area (Å²) in [5, 5.41) is 27.2. The molecule has 38 heavy (non-hydrogen) atoms. The Labute approximate surface area is 223 Å². The fourth-order valence-electron chi connectivity index (χ4n) is 5.51. The Morgan fingerprint density at radius 3 is 2.58 bits per heavy atom. The van der Waals surface area contributed by atoms with Gasteiger partial charge in [-0.15, -0.1) is 0 Å². The van der Waals surface area contributed by atoms with Crippen LogP contribution in [0.25, 0.3) is 0 Å². The van der Waals surface area contributed by atoms with Gasteiger partial charge in [0.15, 0.2) is 0 Å². The van der Waals surface area contributed by atoms with E-state index in [0.29, 0.717) is 25.5 Å². The fraction of sp³-hybridized carbons (Fsp3) is 0.571. The number of rotatable bonds is 9. The van der Waals surface area contributed by atoms with Crippen LogP contribution in [0.15, 0.2) is 36.7 Å². The lowest BCUT2D eigenvalue weighted by atomic mass is 9.96. The van der Waals surface area contributed by atoms with E-state index in [4.69, 9.17) is 0 Å². The van der Waals surface area contributed by atoms with E-state index in [0.717, 1.165) is 45.2 Å². The average molecular weight is 523 g/mol. The molecule has 3 heterocycles. The number of β-amino-alcohol motifs (C(OH)–C–C–N with tert-alkyl or cyclic N) is 1. The van der Waals surface area contributed by atoms with Gasteiger partial charge >= 0.3 is 0 Å². The van der Waals surface area contributed by atoms with E-state index in [1.54, 1.807) is 17.9 Å². The second-order valence-electron chi connectivity index (χ2n) is 11.0. The first-order valence-electron chi connectivity index (χ1n) is 13.7. The third-order valence-electron chi connectivity index (χ3n) is 8.02. The van der Waals surface area contributed by atoms with E-state index >= 15 is 0 Å². The van der Waals surface area contributed by atoms with Crippen LogP contribution in [0.3, 0.4) is 0 Å². The molecule has 5 rings (SSSR count). The number of anilines is 1. The topological polar surface area (TPSA) is 131 Å². The maximum Gasteiger partial charge on any atom is 0.270 e. The predicted molar refractivity (Wildman–Crippen MR) is 142 cm³/mol. The molecule has 0 radical (unpaired) electrons. The van der Waals surface area contributed by atoms with Gasteiger partial charge in [0, 0.05) is 51.4 Å². The number of benzene rings is 1. The van der Waals surface area contributed by atoms with Crippen LogP contribution >= 0.6 is 0 Å². The minimum absolute atomic E-state index is 0.0832. The van der Waals surface area contributed by atoms with Gasteiger partial charge in [-0.05, 0) is 56.1 Å². The number of fused-ring (bicyclic) bond motifs is 1. The van der Waals surface area contributed by atoms with Crippen LogP contribution < -0.4 is 10.6 Å². The van der Waals surface area contributed by atoms with Crippen molar-refractivity contribution in [1.29, 1.82) is 0 Å². The number of nitrogens with one attached hydrogen (secondary N) is 2. The number of carbonyl (C=O) groups is 2. The van der Waals surface area contributed by atoms with Crippen LogP contribution in [-0.2, 0) is 17.8 Å². The van der Waals surface area contributed by atoms with Crippen molar-refractivity contribution in [3.8, 4) is 0 Å². The SMILES string of the molecule is CC(O)(C(=O)N1CCC(Nc2cc(C(=O)NCC(O)CN3CCc4ccccc4C3)ncn2)CC1)C1CC1. The first-order valence-corrected chi connectivity index (χ1v) is 13.7. The first kappa shape index (κ1) is 26.5. The molecule has 1 aromatic heterocycles. The molecule has 0 bridgehead atoms. The molecular formula is C28H38N6O4. The Kier molecular flexibility index (Phi) is 7.92. The monoisotopic (exact) mass is 522 g/mol. The molecule has 1 saturated heterocycles. The number of hydrogen-bond acceptors (Lipinski definition) is 8. The second kappa shape index (κ2) is 11.3. The Hall–Kier alpha value is -3.08. The molecule has 1 aromatic carbocycles. The van der Waals surface area contributed by atoms with E-state index < -0.39 is 11.7 Å². The van der Waals surface area contributed by atoms with Crippen molar-refractivity contribution in [3.05, 3.63) is 53.5 Å². The molecule has 10 heteroatoms. The molecule has 0 spiro atoms. The van der Waals surface area contributed by atoms with Crippen molar-refractivity contribution in [2.24, 2.45) is 5.92 Å². The molecular weight excluding hydrogens is 484 g/mol. The summed E-state index contributed by atoms with van der Waals surface area (Å²) < 4.78 is 0. The van der Waals surface area contributed by atoms with Crippen LogP contribution in [-0.4, -0.2) is 92.3 Å². The quantitative estimate of drug-likeness (QED) is 0.386. The number of amides is 2. The lowest BCUT2D eigenvalue weighted by Crippen LogP contribution is -2.52. The molecule has 204 valence electrons. The number of hydrogen-bond donors (Lipinski definition) is 4. The standard InChI is InChI=1S/C28H38N6O4/c1-28(38,21-6-7-21)27(37)34-12-9-22(10-13-34)32-25-14-24(30-18-31-25)26(36)29-15-23(35)17-33-11-8-19-4-2-3-5-20(19)16-33/h2-5,14,18,21-23,35,38H,6-13,15-17H2,1H3,(H,29,36)(H,30,31,32). The van der Waals surface area contributed by atoms with Crippen LogP contribution in [0.1, 0.15) is 54.2 Å². The van der Waals surface area contributed by atoms with Crippen molar-refractivity contribution < 1.29 is 19.8 Å². The summed E-state index contributed by atoms with van der Waals surface area (Å²) in [6.07, 6.45) is 4.90. The highest BCUT2D eigenvalue weighted by Crippen LogP contribution is 2.40. The third-order valence-corrected chi connectivity index (χ3v) is 8.02. The number of aliphatic hydroxyl groups excluding tert-OH is 1. The molecule has 1 aliphatic carbocycles. The van der Waals surface area contributed by atoms with E-state index in [1.807, 2.05) is 6.07 Å². The minimum atomic E-state index is -1.26. The highest BCUT2D eigenvalue weighted by molar-refractivity contribution is 5.92. The Balaban J connectivity index is 1.06. The van der Waals surface area contributed by atoms with Gasteiger partial charge in [0.2, 0.25) is 0 Å². The average Bonchev–Trinajstić information content (AvgIpc) is 3.78. The number of carbonyl (C=O) groups excluding carboxylic acids is 2. The maximum absolute atomic E-state index is 12.7. The summed E-state index contributed by atoms with van der Waals surface area (Å²) in [6.45, 7) is 5.08. The van der Waals surface area contributed by atoms with Crippen molar-refractivity contribution >= 4 is 17.6 Å². The summed E-state index contributed by atoms with van der Waals surface area (Å²) in [6, 6.07) is 10.1. The molecule has 3 aliphatic rings. The summed E-state index contributed by atoms with van der Waals surface area (Å²) in [5.74, 6) is 0.0974. The zero-order valence-electron chi connectivity index (χ0n) is 22.0. The smallest absolute Gasteiger partial charge is 0.270 e. The Morgan fingerprint density at radius 2 is 1.84 bits per heavy atom. The van der Waals surface area contributed by atoms with Crippen molar-refractivity contribution in [2.75, 3.05) is 38.0 Å². The van der Waals surface area contributed by atoms with Gasteiger partial charge in [0.25, 0.3) is 11.8 Å². The molecule has 2 fully saturated rings. The Morgan fingerprint density at radius 1 is 1.11 bits per heavy atom. The van der Waals surface area contributed by atoms with Gasteiger partial charge in [-0.25, -0.2) is 9.97 Å². The number of likely N-dealkylation sites (tertiary alicyclic amines) is 1. The van der Waals surface area contributed by atoms with Crippen molar-refractivity contribution in [3.63, 3.8) is 0 Å².